The molecular formula is C29H46Si5. The second-order valence-corrected chi connectivity index (χ2v) is 67.6. The maximum Gasteiger partial charge on any atom is 0.0688 e. The normalized spacial score (nSPS) is 13.7. The molecule has 0 saturated carbocycles. The summed E-state index contributed by atoms with van der Waals surface area (Å²) in [5.41, 5.74) is 5.79. The Labute approximate surface area is 214 Å². The Morgan fingerprint density at radius 3 is 1.00 bits per heavy atom. The summed E-state index contributed by atoms with van der Waals surface area (Å²) in [5.74, 6) is 0. The molecule has 0 unspecified atom stereocenters. The predicted octanol–water partition coefficient (Wildman–Crippen LogP) is 8.71. The van der Waals surface area contributed by atoms with E-state index in [2.05, 4.69) is 151 Å². The van der Waals surface area contributed by atoms with Crippen molar-refractivity contribution in [3.8, 4) is 22.3 Å². The highest BCUT2D eigenvalue weighted by Crippen LogP contribution is 2.45. The first-order valence-electron chi connectivity index (χ1n) is 12.8. The number of rotatable bonds is 7. The zero-order chi connectivity index (χ0) is 25.6. The average Bonchev–Trinajstić information content (AvgIpc) is 2.71. The molecule has 3 rings (SSSR count). The summed E-state index contributed by atoms with van der Waals surface area (Å²) in [6, 6.07) is 29.6. The molecule has 5 heteroatoms. The molecule has 0 radical (unpaired) electrons. The van der Waals surface area contributed by atoms with Crippen LogP contribution in [-0.2, 0) is 0 Å². The summed E-state index contributed by atoms with van der Waals surface area (Å²) in [7, 11) is -6.24. The van der Waals surface area contributed by atoms with E-state index in [-0.39, 0.29) is 0 Å². The molecule has 34 heavy (non-hydrogen) atoms. The van der Waals surface area contributed by atoms with Gasteiger partial charge in [0.1, 0.15) is 0 Å². The minimum atomic E-state index is -1.90. The summed E-state index contributed by atoms with van der Waals surface area (Å²) in [6.45, 7) is 30.5. The van der Waals surface area contributed by atoms with Crippen LogP contribution in [0.15, 0.2) is 78.9 Å². The van der Waals surface area contributed by atoms with Gasteiger partial charge in [0, 0.05) is 28.9 Å². The predicted molar refractivity (Wildman–Crippen MR) is 170 cm³/mol. The van der Waals surface area contributed by atoms with Crippen molar-refractivity contribution in [1.29, 1.82) is 0 Å². The molecule has 0 aromatic heterocycles. The van der Waals surface area contributed by atoms with Crippen LogP contribution >= 0.6 is 0 Å². The van der Waals surface area contributed by atoms with E-state index in [9.17, 15) is 0 Å². The summed E-state index contributed by atoms with van der Waals surface area (Å²) < 4.78 is 0. The minimum Gasteiger partial charge on any atom is -0.0720 e. The van der Waals surface area contributed by atoms with E-state index in [1.807, 2.05) is 0 Å². The first-order chi connectivity index (χ1) is 15.6. The number of hydrogen-bond acceptors (Lipinski definition) is 0. The first-order valence-corrected chi connectivity index (χ1v) is 32.3. The second-order valence-electron chi connectivity index (χ2n) is 13.6. The van der Waals surface area contributed by atoms with Gasteiger partial charge in [0.25, 0.3) is 0 Å². The Balaban J connectivity index is 2.56. The Morgan fingerprint density at radius 2 is 0.706 bits per heavy atom. The van der Waals surface area contributed by atoms with Crippen LogP contribution < -0.4 is 5.19 Å². The Kier molecular flexibility index (Phi) is 7.49. The quantitative estimate of drug-likeness (QED) is 0.266. The van der Waals surface area contributed by atoms with E-state index in [4.69, 9.17) is 0 Å². The van der Waals surface area contributed by atoms with Crippen molar-refractivity contribution in [3.63, 3.8) is 0 Å². The minimum absolute atomic E-state index is 1.39. The molecule has 0 spiro atoms. The van der Waals surface area contributed by atoms with Gasteiger partial charge in [-0.05, 0) is 27.4 Å². The molecule has 0 saturated heterocycles. The molecule has 0 heterocycles. The summed E-state index contributed by atoms with van der Waals surface area (Å²) >= 11 is 0. The van der Waals surface area contributed by atoms with Crippen molar-refractivity contribution < 1.29 is 0 Å². The van der Waals surface area contributed by atoms with Gasteiger partial charge >= 0.3 is 0 Å². The Morgan fingerprint density at radius 1 is 0.382 bits per heavy atom. The maximum atomic E-state index is 2.82. The van der Waals surface area contributed by atoms with Crippen LogP contribution in [0.2, 0.25) is 72.0 Å². The Hall–Kier alpha value is -1.26. The van der Waals surface area contributed by atoms with Crippen molar-refractivity contribution in [2.45, 2.75) is 72.0 Å². The molecule has 0 aliphatic heterocycles. The molecule has 0 fully saturated rings. The largest absolute Gasteiger partial charge is 0.0720 e. The maximum absolute atomic E-state index is 2.82. The third-order valence-electron chi connectivity index (χ3n) is 8.17. The highest BCUT2D eigenvalue weighted by molar-refractivity contribution is 8.07. The van der Waals surface area contributed by atoms with E-state index in [1.54, 1.807) is 5.19 Å². The second kappa shape index (κ2) is 9.32. The summed E-state index contributed by atoms with van der Waals surface area (Å²) in [5, 5.41) is 1.76. The van der Waals surface area contributed by atoms with Crippen molar-refractivity contribution in [3.05, 3.63) is 78.9 Å². The molecule has 0 aliphatic carbocycles. The average molecular weight is 535 g/mol. The topological polar surface area (TPSA) is 0 Å². The molecular weight excluding hydrogens is 489 g/mol. The monoisotopic (exact) mass is 534 g/mol. The van der Waals surface area contributed by atoms with Crippen LogP contribution in [0, 0.1) is 0 Å². The van der Waals surface area contributed by atoms with Crippen molar-refractivity contribution in [2.75, 3.05) is 0 Å². The summed E-state index contributed by atoms with van der Waals surface area (Å²) in [6.07, 6.45) is -1.64. The van der Waals surface area contributed by atoms with Crippen LogP contribution in [0.3, 0.4) is 0 Å². The lowest BCUT2D eigenvalue weighted by Gasteiger charge is -2.65. The molecule has 0 aliphatic rings. The van der Waals surface area contributed by atoms with E-state index >= 15 is 0 Å². The van der Waals surface area contributed by atoms with Gasteiger partial charge in [0.15, 0.2) is 0 Å². The molecule has 3 aromatic rings. The van der Waals surface area contributed by atoms with Crippen LogP contribution in [-0.4, -0.2) is 36.5 Å². The van der Waals surface area contributed by atoms with Gasteiger partial charge in [-0.3, -0.25) is 0 Å². The Bertz CT molecular complexity index is 1020. The van der Waals surface area contributed by atoms with Gasteiger partial charge in [0.2, 0.25) is 0 Å². The smallest absolute Gasteiger partial charge is 0.0688 e. The third kappa shape index (κ3) is 4.39. The van der Waals surface area contributed by atoms with Crippen LogP contribution in [0.1, 0.15) is 0 Å². The fourth-order valence-electron chi connectivity index (χ4n) is 9.32. The van der Waals surface area contributed by atoms with Crippen LogP contribution in [0.25, 0.3) is 22.3 Å². The van der Waals surface area contributed by atoms with Crippen LogP contribution in [0.4, 0.5) is 0 Å². The standard InChI is InChI=1S/C29H46Si5/c1-30(2,3)34(31(4,5)6,32(7,8)9)33(10,11)29-27(25-19-14-12-15-20-25)23-18-24-28(29)26-21-16-13-17-22-26/h12-24H,1-11H3. The lowest BCUT2D eigenvalue weighted by atomic mass is 9.99. The van der Waals surface area contributed by atoms with Crippen molar-refractivity contribution in [1.82, 2.24) is 0 Å². The molecule has 3 aromatic carbocycles. The zero-order valence-corrected chi connectivity index (χ0v) is 28.5. The lowest BCUT2D eigenvalue weighted by Crippen LogP contribution is -2.95. The zero-order valence-electron chi connectivity index (χ0n) is 23.5. The lowest BCUT2D eigenvalue weighted by molar-refractivity contribution is 1.60. The van der Waals surface area contributed by atoms with Gasteiger partial charge in [0.05, 0.1) is 7.59 Å². The van der Waals surface area contributed by atoms with Gasteiger partial charge < -0.3 is 0 Å². The fourth-order valence-corrected chi connectivity index (χ4v) is 178. The number of benzene rings is 3. The van der Waals surface area contributed by atoms with Crippen molar-refractivity contribution >= 4 is 41.7 Å². The fraction of sp³-hybridized carbons (Fsp3) is 0.379. The van der Waals surface area contributed by atoms with Crippen molar-refractivity contribution in [2.24, 2.45) is 0 Å². The van der Waals surface area contributed by atoms with E-state index < -0.39 is 36.5 Å². The van der Waals surface area contributed by atoms with Crippen LogP contribution in [0.5, 0.6) is 0 Å². The number of hydrogen-bond donors (Lipinski definition) is 0. The van der Waals surface area contributed by atoms with Gasteiger partial charge in [-0.15, -0.1) is 0 Å². The van der Waals surface area contributed by atoms with Gasteiger partial charge in [-0.25, -0.2) is 0 Å². The molecule has 0 N–H and O–H groups in total. The summed E-state index contributed by atoms with van der Waals surface area (Å²) in [4.78, 5) is 0. The van der Waals surface area contributed by atoms with Gasteiger partial charge in [-0.2, -0.15) is 0 Å². The van der Waals surface area contributed by atoms with E-state index in [0.29, 0.717) is 0 Å². The molecule has 0 nitrogen and oxygen atoms in total. The molecule has 0 bridgehead atoms. The van der Waals surface area contributed by atoms with E-state index in [0.717, 1.165) is 0 Å². The highest BCUT2D eigenvalue weighted by Gasteiger charge is 2.69. The molecule has 0 amide bonds. The highest BCUT2D eigenvalue weighted by atomic mass is 30.2. The SMILES string of the molecule is C[Si](C)(C)[Si]([Si](C)(C)C)([Si](C)(C)C)[Si](C)(C)c1c(-c2ccccc2)cccc1-c1ccccc1. The third-order valence-corrected chi connectivity index (χ3v) is 123. The first kappa shape index (κ1) is 27.3. The van der Waals surface area contributed by atoms with E-state index in [1.165, 1.54) is 22.3 Å². The van der Waals surface area contributed by atoms with Gasteiger partial charge in [-0.1, -0.05) is 151 Å². The molecule has 182 valence electrons. The molecule has 0 atom stereocenters.